The maximum atomic E-state index is 14.6. The van der Waals surface area contributed by atoms with Crippen LogP contribution in [0.25, 0.3) is 0 Å². The zero-order valence-electron chi connectivity index (χ0n) is 20.6. The number of ether oxygens (including phenoxy) is 1. The summed E-state index contributed by atoms with van der Waals surface area (Å²) in [6.07, 6.45) is -0.359. The number of hydrogen-bond donors (Lipinski definition) is 2. The molecule has 0 bridgehead atoms. The third-order valence-electron chi connectivity index (χ3n) is 6.87. The van der Waals surface area contributed by atoms with Crippen molar-refractivity contribution in [2.45, 2.75) is 70.1 Å². The smallest absolute Gasteiger partial charge is 0.433 e. The lowest BCUT2D eigenvalue weighted by atomic mass is 9.86. The van der Waals surface area contributed by atoms with Crippen molar-refractivity contribution in [1.82, 2.24) is 4.98 Å². The van der Waals surface area contributed by atoms with E-state index in [0.717, 1.165) is 48.5 Å². The van der Waals surface area contributed by atoms with Crippen LogP contribution < -0.4 is 14.8 Å². The SMILES string of the molecule is CCC1CCC(Oc2nc(C(F)(F)F)ccc2CCC(C(N)=O)c2ccc(N(C)S(=O)O)c(F)c2)CC1. The molecule has 1 heterocycles. The average molecular weight is 546 g/mol. The van der Waals surface area contributed by atoms with Crippen molar-refractivity contribution < 1.29 is 35.9 Å². The van der Waals surface area contributed by atoms with Crippen molar-refractivity contribution in [1.29, 1.82) is 0 Å². The first-order chi connectivity index (χ1) is 17.4. The highest BCUT2D eigenvalue weighted by atomic mass is 32.2. The number of amides is 1. The van der Waals surface area contributed by atoms with Crippen LogP contribution in [0.4, 0.5) is 23.2 Å². The van der Waals surface area contributed by atoms with Crippen molar-refractivity contribution in [2.24, 2.45) is 11.7 Å². The second-order valence-electron chi connectivity index (χ2n) is 9.26. The molecule has 0 radical (unpaired) electrons. The summed E-state index contributed by atoms with van der Waals surface area (Å²) in [5, 5.41) is 0. The fourth-order valence-electron chi connectivity index (χ4n) is 4.59. The lowest BCUT2D eigenvalue weighted by Gasteiger charge is -2.28. The summed E-state index contributed by atoms with van der Waals surface area (Å²) >= 11 is -2.44. The summed E-state index contributed by atoms with van der Waals surface area (Å²) in [5.41, 5.74) is 4.99. The largest absolute Gasteiger partial charge is 0.474 e. The standard InChI is InChI=1S/C25H31F4N3O4S/c1-3-15-4-9-18(10-5-15)36-24-16(8-13-22(31-24)25(27,28)29)6-11-19(23(30)33)17-7-12-21(20(26)14-17)32(2)37(34)35/h7-8,12-15,18-19H,3-6,9-11H2,1-2H3,(H2,30,33)(H,34,35). The Kier molecular flexibility index (Phi) is 9.51. The fraction of sp³-hybridized carbons (Fsp3) is 0.520. The molecule has 7 nitrogen and oxygen atoms in total. The number of nitrogens with zero attached hydrogens (tertiary/aromatic N) is 2. The van der Waals surface area contributed by atoms with Crippen LogP contribution in [0.2, 0.25) is 0 Å². The zero-order valence-corrected chi connectivity index (χ0v) is 21.4. The van der Waals surface area contributed by atoms with E-state index in [2.05, 4.69) is 11.9 Å². The van der Waals surface area contributed by atoms with Crippen LogP contribution in [0.5, 0.6) is 5.88 Å². The number of aromatic nitrogens is 1. The van der Waals surface area contributed by atoms with E-state index < -0.39 is 40.8 Å². The van der Waals surface area contributed by atoms with E-state index >= 15 is 0 Å². The summed E-state index contributed by atoms with van der Waals surface area (Å²) in [4.78, 5) is 16.0. The fourth-order valence-corrected chi connectivity index (χ4v) is 4.90. The Hall–Kier alpha value is -2.73. The molecule has 2 atom stereocenters. The van der Waals surface area contributed by atoms with Gasteiger partial charge in [0.1, 0.15) is 17.6 Å². The maximum absolute atomic E-state index is 14.6. The lowest BCUT2D eigenvalue weighted by Crippen LogP contribution is -2.26. The molecule has 1 aromatic heterocycles. The van der Waals surface area contributed by atoms with Crippen LogP contribution >= 0.6 is 0 Å². The molecule has 37 heavy (non-hydrogen) atoms. The number of nitrogens with two attached hydrogens (primary N) is 1. The topological polar surface area (TPSA) is 106 Å². The molecule has 1 saturated carbocycles. The molecule has 1 aliphatic carbocycles. The first-order valence-electron chi connectivity index (χ1n) is 12.1. The molecular weight excluding hydrogens is 514 g/mol. The van der Waals surface area contributed by atoms with Crippen LogP contribution in [0.3, 0.4) is 0 Å². The van der Waals surface area contributed by atoms with Gasteiger partial charge in [0.25, 0.3) is 11.3 Å². The van der Waals surface area contributed by atoms with E-state index in [1.165, 1.54) is 25.2 Å². The summed E-state index contributed by atoms with van der Waals surface area (Å²) in [5.74, 6) is -2.06. The van der Waals surface area contributed by atoms with Crippen molar-refractivity contribution in [3.63, 3.8) is 0 Å². The average Bonchev–Trinajstić information content (AvgIpc) is 2.84. The van der Waals surface area contributed by atoms with Crippen LogP contribution in [0, 0.1) is 11.7 Å². The van der Waals surface area contributed by atoms with Gasteiger partial charge in [0, 0.05) is 12.6 Å². The minimum absolute atomic E-state index is 0.0713. The molecule has 12 heteroatoms. The molecule has 0 spiro atoms. The van der Waals surface area contributed by atoms with Crippen LogP contribution in [-0.2, 0) is 28.7 Å². The molecular formula is C25H31F4N3O4S. The van der Waals surface area contributed by atoms with Gasteiger partial charge in [-0.25, -0.2) is 13.6 Å². The van der Waals surface area contributed by atoms with Crippen LogP contribution in [0.15, 0.2) is 30.3 Å². The molecule has 3 rings (SSSR count). The van der Waals surface area contributed by atoms with Gasteiger partial charge < -0.3 is 10.5 Å². The summed E-state index contributed by atoms with van der Waals surface area (Å²) in [7, 11) is 1.23. The highest BCUT2D eigenvalue weighted by Crippen LogP contribution is 2.35. The third kappa shape index (κ3) is 7.41. The molecule has 0 aliphatic heterocycles. The number of rotatable bonds is 10. The maximum Gasteiger partial charge on any atom is 0.433 e. The van der Waals surface area contributed by atoms with Crippen molar-refractivity contribution in [2.75, 3.05) is 11.4 Å². The number of pyridine rings is 1. The lowest BCUT2D eigenvalue weighted by molar-refractivity contribution is -0.141. The second-order valence-corrected chi connectivity index (χ2v) is 10.3. The molecule has 1 fully saturated rings. The van der Waals surface area contributed by atoms with E-state index in [-0.39, 0.29) is 36.1 Å². The minimum atomic E-state index is -4.64. The Morgan fingerprint density at radius 3 is 2.46 bits per heavy atom. The predicted octanol–water partition coefficient (Wildman–Crippen LogP) is 5.36. The number of hydrogen-bond acceptors (Lipinski definition) is 4. The molecule has 1 aromatic carbocycles. The molecule has 2 unspecified atom stereocenters. The molecule has 1 aliphatic rings. The normalized spacial score (nSPS) is 19.8. The van der Waals surface area contributed by atoms with Gasteiger partial charge in [0.15, 0.2) is 0 Å². The summed E-state index contributed by atoms with van der Waals surface area (Å²) in [6.45, 7) is 2.11. The van der Waals surface area contributed by atoms with E-state index in [4.69, 9.17) is 10.5 Å². The van der Waals surface area contributed by atoms with E-state index in [9.17, 15) is 31.1 Å². The highest BCUT2D eigenvalue weighted by molar-refractivity contribution is 7.80. The van der Waals surface area contributed by atoms with Gasteiger partial charge in [-0.1, -0.05) is 25.5 Å². The highest BCUT2D eigenvalue weighted by Gasteiger charge is 2.34. The number of carbonyl (C=O) groups excluding carboxylic acids is 1. The minimum Gasteiger partial charge on any atom is -0.474 e. The number of carbonyl (C=O) groups is 1. The zero-order chi connectivity index (χ0) is 27.3. The number of halogens is 4. The summed E-state index contributed by atoms with van der Waals surface area (Å²) in [6, 6.07) is 5.90. The molecule has 204 valence electrons. The molecule has 1 amide bonds. The molecule has 2 aromatic rings. The van der Waals surface area contributed by atoms with Gasteiger partial charge in [0.2, 0.25) is 11.8 Å². The number of benzene rings is 1. The second kappa shape index (κ2) is 12.2. The van der Waals surface area contributed by atoms with Gasteiger partial charge in [-0.15, -0.1) is 0 Å². The predicted molar refractivity (Wildman–Crippen MR) is 132 cm³/mol. The first-order valence-corrected chi connectivity index (χ1v) is 13.1. The van der Waals surface area contributed by atoms with E-state index in [0.29, 0.717) is 11.5 Å². The Bertz CT molecular complexity index is 1120. The summed E-state index contributed by atoms with van der Waals surface area (Å²) < 4.78 is 81.8. The quantitative estimate of drug-likeness (QED) is 0.309. The number of primary amides is 1. The third-order valence-corrected chi connectivity index (χ3v) is 7.54. The number of alkyl halides is 3. The monoisotopic (exact) mass is 545 g/mol. The number of aryl methyl sites for hydroxylation is 1. The first kappa shape index (κ1) is 28.8. The Morgan fingerprint density at radius 2 is 1.92 bits per heavy atom. The van der Waals surface area contributed by atoms with Gasteiger partial charge in [-0.2, -0.15) is 13.2 Å². The van der Waals surface area contributed by atoms with Crippen LogP contribution in [-0.4, -0.2) is 32.8 Å². The van der Waals surface area contributed by atoms with Crippen molar-refractivity contribution in [3.05, 3.63) is 53.0 Å². The van der Waals surface area contributed by atoms with Crippen molar-refractivity contribution in [3.8, 4) is 5.88 Å². The molecule has 3 N–H and O–H groups in total. The van der Waals surface area contributed by atoms with Gasteiger partial charge in [0.05, 0.1) is 11.6 Å². The van der Waals surface area contributed by atoms with Gasteiger partial charge in [-0.05, 0) is 68.2 Å². The molecule has 0 saturated heterocycles. The van der Waals surface area contributed by atoms with Gasteiger partial charge >= 0.3 is 6.18 Å². The Labute approximate surface area is 215 Å². The number of anilines is 1. The van der Waals surface area contributed by atoms with E-state index in [1.807, 2.05) is 0 Å². The Balaban J connectivity index is 1.82. The Morgan fingerprint density at radius 1 is 1.24 bits per heavy atom. The van der Waals surface area contributed by atoms with E-state index in [1.54, 1.807) is 0 Å². The van der Waals surface area contributed by atoms with Gasteiger partial charge in [-0.3, -0.25) is 13.7 Å². The van der Waals surface area contributed by atoms with Crippen molar-refractivity contribution >= 4 is 22.9 Å². The van der Waals surface area contributed by atoms with Crippen LogP contribution in [0.1, 0.15) is 68.2 Å².